The van der Waals surface area contributed by atoms with Gasteiger partial charge in [0.25, 0.3) is 5.91 Å². The third-order valence-corrected chi connectivity index (χ3v) is 5.63. The van der Waals surface area contributed by atoms with E-state index in [1.807, 2.05) is 30.3 Å². The number of hydrogen-bond donors (Lipinski definition) is 0. The molecular weight excluding hydrogens is 435 g/mol. The van der Waals surface area contributed by atoms with Crippen LogP contribution in [0, 0.1) is 5.82 Å². The lowest BCUT2D eigenvalue weighted by Crippen LogP contribution is -2.50. The Bertz CT molecular complexity index is 1100. The number of hydrogen-bond acceptors (Lipinski definition) is 5. The summed E-state index contributed by atoms with van der Waals surface area (Å²) in [5.41, 5.74) is 1.16. The van der Waals surface area contributed by atoms with Crippen molar-refractivity contribution in [2.75, 3.05) is 26.2 Å². The number of nitrogens with zero attached hydrogens (tertiary/aromatic N) is 6. The lowest BCUT2D eigenvalue weighted by molar-refractivity contribution is -0.132. The molecular formula is C22H22ClFN6O2. The molecule has 0 aliphatic carbocycles. The zero-order valence-corrected chi connectivity index (χ0v) is 18.1. The van der Waals surface area contributed by atoms with Gasteiger partial charge in [-0.05, 0) is 29.8 Å². The molecule has 1 aliphatic heterocycles. The van der Waals surface area contributed by atoms with Crippen LogP contribution in [-0.2, 0) is 11.3 Å². The van der Waals surface area contributed by atoms with Crippen LogP contribution in [0.25, 0.3) is 11.4 Å². The van der Waals surface area contributed by atoms with Gasteiger partial charge in [-0.1, -0.05) is 41.9 Å². The van der Waals surface area contributed by atoms with Crippen molar-refractivity contribution in [3.8, 4) is 11.4 Å². The summed E-state index contributed by atoms with van der Waals surface area (Å²) in [6, 6.07) is 13.3. The molecule has 0 unspecified atom stereocenters. The van der Waals surface area contributed by atoms with E-state index in [-0.39, 0.29) is 22.4 Å². The second-order valence-corrected chi connectivity index (χ2v) is 7.88. The Hall–Kier alpha value is -3.33. The van der Waals surface area contributed by atoms with Crippen molar-refractivity contribution >= 4 is 23.4 Å². The van der Waals surface area contributed by atoms with Crippen molar-refractivity contribution in [3.63, 3.8) is 0 Å². The van der Waals surface area contributed by atoms with Crippen molar-refractivity contribution in [1.82, 2.24) is 30.0 Å². The summed E-state index contributed by atoms with van der Waals surface area (Å²) in [6.45, 7) is 2.20. The number of carbonyl (C=O) groups excluding carboxylic acids is 2. The van der Waals surface area contributed by atoms with Gasteiger partial charge in [-0.2, -0.15) is 4.80 Å². The Morgan fingerprint density at radius 3 is 2.44 bits per heavy atom. The molecule has 2 amide bonds. The smallest absolute Gasteiger partial charge is 0.255 e. The predicted molar refractivity (Wildman–Crippen MR) is 116 cm³/mol. The molecule has 10 heteroatoms. The average Bonchev–Trinajstić information content (AvgIpc) is 3.28. The molecule has 0 atom stereocenters. The quantitative estimate of drug-likeness (QED) is 0.569. The molecule has 0 spiro atoms. The molecule has 1 fully saturated rings. The van der Waals surface area contributed by atoms with E-state index in [0.717, 1.165) is 11.6 Å². The number of tetrazole rings is 1. The van der Waals surface area contributed by atoms with E-state index in [2.05, 4.69) is 15.4 Å². The van der Waals surface area contributed by atoms with Crippen LogP contribution < -0.4 is 0 Å². The molecule has 0 radical (unpaired) electrons. The van der Waals surface area contributed by atoms with Gasteiger partial charge in [0.2, 0.25) is 11.7 Å². The largest absolute Gasteiger partial charge is 0.339 e. The zero-order valence-electron chi connectivity index (χ0n) is 17.3. The fourth-order valence-electron chi connectivity index (χ4n) is 3.56. The van der Waals surface area contributed by atoms with E-state index in [4.69, 9.17) is 11.6 Å². The van der Waals surface area contributed by atoms with Gasteiger partial charge in [0.15, 0.2) is 0 Å². The summed E-state index contributed by atoms with van der Waals surface area (Å²) in [6.07, 6.45) is 0.952. The molecule has 0 N–H and O–H groups in total. The molecule has 166 valence electrons. The van der Waals surface area contributed by atoms with Crippen LogP contribution in [0.5, 0.6) is 0 Å². The topological polar surface area (TPSA) is 84.2 Å². The Morgan fingerprint density at radius 2 is 1.72 bits per heavy atom. The molecule has 0 saturated carbocycles. The van der Waals surface area contributed by atoms with Crippen molar-refractivity contribution in [1.29, 1.82) is 0 Å². The Labute approximate surface area is 189 Å². The van der Waals surface area contributed by atoms with Gasteiger partial charge in [0.05, 0.1) is 17.1 Å². The minimum Gasteiger partial charge on any atom is -0.339 e. The number of piperazine rings is 1. The lowest BCUT2D eigenvalue weighted by Gasteiger charge is -2.35. The maximum absolute atomic E-state index is 13.2. The number of halogens is 2. The first-order chi connectivity index (χ1) is 15.5. The molecule has 2 aromatic carbocycles. The fourth-order valence-corrected chi connectivity index (χ4v) is 3.81. The first-order valence-corrected chi connectivity index (χ1v) is 10.7. The molecule has 1 saturated heterocycles. The van der Waals surface area contributed by atoms with Gasteiger partial charge >= 0.3 is 0 Å². The number of amides is 2. The Kier molecular flexibility index (Phi) is 6.75. The Balaban J connectivity index is 1.23. The van der Waals surface area contributed by atoms with Gasteiger partial charge in [0, 0.05) is 38.2 Å². The highest BCUT2D eigenvalue weighted by molar-refractivity contribution is 6.33. The minimum atomic E-state index is -0.487. The summed E-state index contributed by atoms with van der Waals surface area (Å²) in [7, 11) is 0. The fraction of sp³-hybridized carbons (Fsp3) is 0.318. The van der Waals surface area contributed by atoms with Crippen LogP contribution in [0.1, 0.15) is 23.2 Å². The average molecular weight is 457 g/mol. The first kappa shape index (κ1) is 21.9. The summed E-state index contributed by atoms with van der Waals surface area (Å²) in [4.78, 5) is 30.1. The van der Waals surface area contributed by atoms with E-state index in [9.17, 15) is 14.0 Å². The standard InChI is InChI=1S/C22H22ClFN6O2/c23-19-15-17(24)8-9-18(19)22(32)29-13-11-28(12-14-29)20(31)7-4-10-30-26-21(25-27-30)16-5-2-1-3-6-16/h1-3,5-6,8-9,15H,4,7,10-14H2. The van der Waals surface area contributed by atoms with E-state index >= 15 is 0 Å². The van der Waals surface area contributed by atoms with Crippen LogP contribution >= 0.6 is 11.6 Å². The van der Waals surface area contributed by atoms with Gasteiger partial charge in [0.1, 0.15) is 5.82 Å². The SMILES string of the molecule is O=C(CCCn1nnc(-c2ccccc2)n1)N1CCN(C(=O)c2ccc(F)cc2Cl)CC1. The van der Waals surface area contributed by atoms with Gasteiger partial charge in [-0.15, -0.1) is 10.2 Å². The van der Waals surface area contributed by atoms with Crippen LogP contribution in [0.3, 0.4) is 0 Å². The van der Waals surface area contributed by atoms with Crippen LogP contribution in [0.4, 0.5) is 4.39 Å². The number of carbonyl (C=O) groups is 2. The summed E-state index contributed by atoms with van der Waals surface area (Å²) in [5, 5.41) is 12.5. The van der Waals surface area contributed by atoms with E-state index < -0.39 is 5.82 Å². The highest BCUT2D eigenvalue weighted by Crippen LogP contribution is 2.20. The summed E-state index contributed by atoms with van der Waals surface area (Å²) in [5.74, 6) is -0.160. The molecule has 2 heterocycles. The second kappa shape index (κ2) is 9.86. The third kappa shape index (κ3) is 5.11. The monoisotopic (exact) mass is 456 g/mol. The normalized spacial score (nSPS) is 13.9. The van der Waals surface area contributed by atoms with E-state index in [1.54, 1.807) is 9.80 Å². The second-order valence-electron chi connectivity index (χ2n) is 7.48. The third-order valence-electron chi connectivity index (χ3n) is 5.31. The van der Waals surface area contributed by atoms with Gasteiger partial charge in [-0.3, -0.25) is 9.59 Å². The number of aromatic nitrogens is 4. The van der Waals surface area contributed by atoms with Gasteiger partial charge in [-0.25, -0.2) is 4.39 Å². The molecule has 4 rings (SSSR count). The minimum absolute atomic E-state index is 0.0281. The maximum atomic E-state index is 13.2. The number of benzene rings is 2. The molecule has 1 aromatic heterocycles. The van der Waals surface area contributed by atoms with Crippen molar-refractivity contribution in [3.05, 3.63) is 64.9 Å². The number of rotatable bonds is 6. The molecule has 32 heavy (non-hydrogen) atoms. The van der Waals surface area contributed by atoms with Crippen molar-refractivity contribution in [2.45, 2.75) is 19.4 Å². The lowest BCUT2D eigenvalue weighted by atomic mass is 10.1. The summed E-state index contributed by atoms with van der Waals surface area (Å²) >= 11 is 6.00. The molecule has 8 nitrogen and oxygen atoms in total. The summed E-state index contributed by atoms with van der Waals surface area (Å²) < 4.78 is 13.2. The van der Waals surface area contributed by atoms with Gasteiger partial charge < -0.3 is 9.80 Å². The van der Waals surface area contributed by atoms with Crippen molar-refractivity contribution in [2.24, 2.45) is 0 Å². The van der Waals surface area contributed by atoms with Crippen LogP contribution in [0.2, 0.25) is 5.02 Å². The molecule has 3 aromatic rings. The van der Waals surface area contributed by atoms with E-state index in [0.29, 0.717) is 51.4 Å². The highest BCUT2D eigenvalue weighted by Gasteiger charge is 2.25. The molecule has 0 bridgehead atoms. The van der Waals surface area contributed by atoms with Crippen LogP contribution in [0.15, 0.2) is 48.5 Å². The zero-order chi connectivity index (χ0) is 22.5. The van der Waals surface area contributed by atoms with Crippen LogP contribution in [-0.4, -0.2) is 68.0 Å². The Morgan fingerprint density at radius 1 is 1.00 bits per heavy atom. The predicted octanol–water partition coefficient (Wildman–Crippen LogP) is 2.90. The number of aryl methyl sites for hydroxylation is 1. The first-order valence-electron chi connectivity index (χ1n) is 10.4. The highest BCUT2D eigenvalue weighted by atomic mass is 35.5. The molecule has 1 aliphatic rings. The van der Waals surface area contributed by atoms with E-state index in [1.165, 1.54) is 16.9 Å². The van der Waals surface area contributed by atoms with Crippen molar-refractivity contribution < 1.29 is 14.0 Å². The maximum Gasteiger partial charge on any atom is 0.255 e.